The number of Topliss-reactive ketones (excluding diaryl/α,β-unsaturated/α-hetero) is 1. The number of carbonyl (C=O) groups is 2. The first-order valence-electron chi connectivity index (χ1n) is 9.17. The predicted octanol–water partition coefficient (Wildman–Crippen LogP) is 4.21. The molecule has 0 aliphatic rings. The molecule has 0 heterocycles. The minimum absolute atomic E-state index is 0.0531. The molecule has 28 heavy (non-hydrogen) atoms. The van der Waals surface area contributed by atoms with Gasteiger partial charge in [0.2, 0.25) is 5.78 Å². The maximum atomic E-state index is 12.7. The molecular weight excluding hydrogens is 356 g/mol. The van der Waals surface area contributed by atoms with Gasteiger partial charge in [-0.3, -0.25) is 9.59 Å². The van der Waals surface area contributed by atoms with Crippen molar-refractivity contribution in [3.8, 4) is 11.5 Å². The average molecular weight is 384 g/mol. The summed E-state index contributed by atoms with van der Waals surface area (Å²) >= 11 is 0. The van der Waals surface area contributed by atoms with Crippen molar-refractivity contribution in [1.82, 2.24) is 0 Å². The fourth-order valence-corrected chi connectivity index (χ4v) is 3.34. The summed E-state index contributed by atoms with van der Waals surface area (Å²) in [6, 6.07) is 5.23. The first-order chi connectivity index (χ1) is 13.2. The molecule has 0 aliphatic heterocycles. The van der Waals surface area contributed by atoms with Crippen molar-refractivity contribution in [2.45, 2.75) is 41.0 Å². The molecule has 0 N–H and O–H groups in total. The van der Waals surface area contributed by atoms with Gasteiger partial charge in [-0.05, 0) is 80.1 Å². The van der Waals surface area contributed by atoms with E-state index in [-0.39, 0.29) is 18.8 Å². The normalized spacial score (nSPS) is 10.5. The standard InChI is InChI=1S/C23H28O5/c1-13-14(2)16(4)23(17(5)15(13)3)19(24)12-28-22(25)11-18-8-9-20(26-6)21(10-18)27-7/h8-10H,11-12H2,1-7H3. The lowest BCUT2D eigenvalue weighted by Gasteiger charge is -2.17. The summed E-state index contributed by atoms with van der Waals surface area (Å²) in [5.41, 5.74) is 6.66. The van der Waals surface area contributed by atoms with Crippen LogP contribution in [-0.4, -0.2) is 32.6 Å². The fraction of sp³-hybridized carbons (Fsp3) is 0.391. The monoisotopic (exact) mass is 384 g/mol. The number of esters is 1. The van der Waals surface area contributed by atoms with Gasteiger partial charge in [0, 0.05) is 5.56 Å². The van der Waals surface area contributed by atoms with E-state index in [1.54, 1.807) is 25.3 Å². The Labute approximate surface area is 166 Å². The van der Waals surface area contributed by atoms with Crippen LogP contribution in [0.2, 0.25) is 0 Å². The van der Waals surface area contributed by atoms with Crippen molar-refractivity contribution in [1.29, 1.82) is 0 Å². The van der Waals surface area contributed by atoms with Crippen molar-refractivity contribution in [2.24, 2.45) is 0 Å². The van der Waals surface area contributed by atoms with Gasteiger partial charge >= 0.3 is 5.97 Å². The number of rotatable bonds is 7. The second-order valence-electron chi connectivity index (χ2n) is 6.95. The SMILES string of the molecule is COc1ccc(CC(=O)OCC(=O)c2c(C)c(C)c(C)c(C)c2C)cc1OC. The average Bonchev–Trinajstić information content (AvgIpc) is 2.69. The fourth-order valence-electron chi connectivity index (χ4n) is 3.34. The van der Waals surface area contributed by atoms with Gasteiger partial charge in [0.25, 0.3) is 0 Å². The van der Waals surface area contributed by atoms with Crippen LogP contribution in [0.1, 0.15) is 43.7 Å². The van der Waals surface area contributed by atoms with Crippen molar-refractivity contribution in [2.75, 3.05) is 20.8 Å². The number of benzene rings is 2. The highest BCUT2D eigenvalue weighted by Crippen LogP contribution is 2.28. The highest BCUT2D eigenvalue weighted by Gasteiger charge is 2.19. The summed E-state index contributed by atoms with van der Waals surface area (Å²) in [6.45, 7) is 9.69. The van der Waals surface area contributed by atoms with E-state index < -0.39 is 5.97 Å². The van der Waals surface area contributed by atoms with Crippen molar-refractivity contribution >= 4 is 11.8 Å². The summed E-state index contributed by atoms with van der Waals surface area (Å²) in [5, 5.41) is 0. The zero-order valence-corrected chi connectivity index (χ0v) is 17.7. The van der Waals surface area contributed by atoms with Crippen molar-refractivity contribution < 1.29 is 23.8 Å². The van der Waals surface area contributed by atoms with E-state index in [9.17, 15) is 9.59 Å². The van der Waals surface area contributed by atoms with Crippen LogP contribution in [0.3, 0.4) is 0 Å². The third kappa shape index (κ3) is 4.35. The summed E-state index contributed by atoms with van der Waals surface area (Å²) in [7, 11) is 3.09. The Bertz CT molecular complexity index is 883. The number of hydrogen-bond acceptors (Lipinski definition) is 5. The summed E-state index contributed by atoms with van der Waals surface area (Å²) in [5.74, 6) is 0.491. The van der Waals surface area contributed by atoms with E-state index in [1.807, 2.05) is 27.7 Å². The van der Waals surface area contributed by atoms with E-state index in [4.69, 9.17) is 14.2 Å². The van der Waals surface area contributed by atoms with E-state index >= 15 is 0 Å². The number of methoxy groups -OCH3 is 2. The third-order valence-corrected chi connectivity index (χ3v) is 5.44. The molecule has 0 bridgehead atoms. The first kappa shape index (κ1) is 21.5. The Hall–Kier alpha value is -2.82. The molecule has 0 fully saturated rings. The molecule has 150 valence electrons. The summed E-state index contributed by atoms with van der Waals surface area (Å²) in [4.78, 5) is 24.9. The Morgan fingerprint density at radius 2 is 1.32 bits per heavy atom. The van der Waals surface area contributed by atoms with Gasteiger partial charge in [-0.25, -0.2) is 0 Å². The maximum Gasteiger partial charge on any atom is 0.310 e. The minimum atomic E-state index is -0.462. The van der Waals surface area contributed by atoms with Gasteiger partial charge in [-0.2, -0.15) is 0 Å². The highest BCUT2D eigenvalue weighted by atomic mass is 16.5. The van der Waals surface area contributed by atoms with Gasteiger partial charge in [-0.15, -0.1) is 0 Å². The smallest absolute Gasteiger partial charge is 0.310 e. The molecule has 0 saturated heterocycles. The Morgan fingerprint density at radius 1 is 0.786 bits per heavy atom. The van der Waals surface area contributed by atoms with E-state index in [2.05, 4.69) is 6.92 Å². The molecule has 0 saturated carbocycles. The molecule has 2 aromatic carbocycles. The predicted molar refractivity (Wildman–Crippen MR) is 109 cm³/mol. The molecule has 2 rings (SSSR count). The Morgan fingerprint density at radius 3 is 1.86 bits per heavy atom. The zero-order chi connectivity index (χ0) is 21.0. The maximum absolute atomic E-state index is 12.7. The second kappa shape index (κ2) is 8.91. The lowest BCUT2D eigenvalue weighted by molar-refractivity contribution is -0.141. The molecule has 0 radical (unpaired) electrons. The van der Waals surface area contributed by atoms with Crippen LogP contribution < -0.4 is 9.47 Å². The third-order valence-electron chi connectivity index (χ3n) is 5.44. The van der Waals surface area contributed by atoms with Crippen LogP contribution >= 0.6 is 0 Å². The molecule has 0 aromatic heterocycles. The summed E-state index contributed by atoms with van der Waals surface area (Å²) in [6.07, 6.45) is 0.0531. The molecule has 0 spiro atoms. The highest BCUT2D eigenvalue weighted by molar-refractivity contribution is 6.01. The number of hydrogen-bond donors (Lipinski definition) is 0. The molecule has 0 unspecified atom stereocenters. The van der Waals surface area contributed by atoms with Gasteiger partial charge in [0.15, 0.2) is 18.1 Å². The number of ketones is 1. The van der Waals surface area contributed by atoms with Crippen LogP contribution in [0.4, 0.5) is 0 Å². The molecule has 0 atom stereocenters. The number of ether oxygens (including phenoxy) is 3. The lowest BCUT2D eigenvalue weighted by atomic mass is 9.88. The van der Waals surface area contributed by atoms with Crippen molar-refractivity contribution in [3.63, 3.8) is 0 Å². The van der Waals surface area contributed by atoms with Gasteiger partial charge in [0.05, 0.1) is 20.6 Å². The topological polar surface area (TPSA) is 61.8 Å². The minimum Gasteiger partial charge on any atom is -0.493 e. The second-order valence-corrected chi connectivity index (χ2v) is 6.95. The largest absolute Gasteiger partial charge is 0.493 e. The van der Waals surface area contributed by atoms with E-state index in [0.717, 1.165) is 27.8 Å². The van der Waals surface area contributed by atoms with Crippen LogP contribution in [0.15, 0.2) is 18.2 Å². The quantitative estimate of drug-likeness (QED) is 0.528. The molecule has 2 aromatic rings. The van der Waals surface area contributed by atoms with Crippen molar-refractivity contribution in [3.05, 3.63) is 57.1 Å². The van der Waals surface area contributed by atoms with Crippen LogP contribution in [0.5, 0.6) is 11.5 Å². The Balaban J connectivity index is 2.09. The van der Waals surface area contributed by atoms with E-state index in [1.165, 1.54) is 12.7 Å². The number of carbonyl (C=O) groups excluding carboxylic acids is 2. The first-order valence-corrected chi connectivity index (χ1v) is 9.17. The van der Waals surface area contributed by atoms with Gasteiger partial charge in [0.1, 0.15) is 0 Å². The van der Waals surface area contributed by atoms with Gasteiger partial charge < -0.3 is 14.2 Å². The van der Waals surface area contributed by atoms with Crippen LogP contribution in [0, 0.1) is 34.6 Å². The molecular formula is C23H28O5. The summed E-state index contributed by atoms with van der Waals surface area (Å²) < 4.78 is 15.7. The lowest BCUT2D eigenvalue weighted by Crippen LogP contribution is -2.18. The van der Waals surface area contributed by atoms with Crippen LogP contribution in [0.25, 0.3) is 0 Å². The molecule has 0 aliphatic carbocycles. The molecule has 5 heteroatoms. The molecule has 0 amide bonds. The molecule has 5 nitrogen and oxygen atoms in total. The van der Waals surface area contributed by atoms with Crippen LogP contribution in [-0.2, 0) is 16.0 Å². The van der Waals surface area contributed by atoms with Gasteiger partial charge in [-0.1, -0.05) is 6.07 Å². The Kier molecular flexibility index (Phi) is 6.84. The zero-order valence-electron chi connectivity index (χ0n) is 17.7. The van der Waals surface area contributed by atoms with E-state index in [0.29, 0.717) is 17.1 Å².